The van der Waals surface area contributed by atoms with Crippen LogP contribution in [-0.4, -0.2) is 19.8 Å². The molecule has 2 nitrogen and oxygen atoms in total. The van der Waals surface area contributed by atoms with Crippen LogP contribution in [0.3, 0.4) is 0 Å². The summed E-state index contributed by atoms with van der Waals surface area (Å²) in [6.45, 7) is 1.87. The number of halogens is 1. The van der Waals surface area contributed by atoms with Crippen molar-refractivity contribution in [3.8, 4) is 0 Å². The van der Waals surface area contributed by atoms with E-state index in [-0.39, 0.29) is 14.7 Å². The molecule has 1 aromatic carbocycles. The van der Waals surface area contributed by atoms with Crippen LogP contribution in [0.1, 0.15) is 16.9 Å². The summed E-state index contributed by atoms with van der Waals surface area (Å²) < 4.78 is 4.27. The van der Waals surface area contributed by atoms with Crippen molar-refractivity contribution in [1.82, 2.24) is 0 Å². The summed E-state index contributed by atoms with van der Waals surface area (Å²) in [5.74, 6) is 0. The minimum atomic E-state index is -0.938. The number of nitrogens with zero attached hydrogens (tertiary/aromatic N) is 1. The second-order valence-electron chi connectivity index (χ2n) is 4.58. The van der Waals surface area contributed by atoms with Gasteiger partial charge in [0.15, 0.2) is 0 Å². The van der Waals surface area contributed by atoms with E-state index in [4.69, 9.17) is 0 Å². The van der Waals surface area contributed by atoms with Crippen LogP contribution in [0.5, 0.6) is 0 Å². The standard InChI is InChI=1S/C15H13BrNOSe/c1-15(18,11-7-3-2-4-8-11)14-13(16)12-9-5-6-10-17(12)19-14/h2-10,18H,1H3/q+1. The van der Waals surface area contributed by atoms with Gasteiger partial charge in [-0.2, -0.15) is 0 Å². The van der Waals surface area contributed by atoms with E-state index < -0.39 is 5.60 Å². The molecule has 0 saturated heterocycles. The van der Waals surface area contributed by atoms with Gasteiger partial charge in [-0.25, -0.2) is 0 Å². The van der Waals surface area contributed by atoms with Crippen molar-refractivity contribution in [2.24, 2.45) is 0 Å². The summed E-state index contributed by atoms with van der Waals surface area (Å²) in [5, 5.41) is 10.9. The van der Waals surface area contributed by atoms with E-state index in [0.717, 1.165) is 20.0 Å². The predicted molar refractivity (Wildman–Crippen MR) is 79.4 cm³/mol. The van der Waals surface area contributed by atoms with E-state index in [9.17, 15) is 5.11 Å². The molecule has 0 aliphatic carbocycles. The van der Waals surface area contributed by atoms with Gasteiger partial charge >= 0.3 is 126 Å². The fourth-order valence-electron chi connectivity index (χ4n) is 2.13. The molecule has 0 bridgehead atoms. The molecule has 2 heterocycles. The quantitative estimate of drug-likeness (QED) is 0.677. The molecule has 3 aromatic rings. The van der Waals surface area contributed by atoms with E-state index in [1.165, 1.54) is 0 Å². The number of fused-ring (bicyclic) bond motifs is 1. The monoisotopic (exact) mass is 382 g/mol. The zero-order valence-electron chi connectivity index (χ0n) is 10.4. The topological polar surface area (TPSA) is 24.3 Å². The number of aliphatic hydroxyl groups is 1. The third kappa shape index (κ3) is 2.19. The van der Waals surface area contributed by atoms with Crippen molar-refractivity contribution in [3.05, 3.63) is 69.2 Å². The van der Waals surface area contributed by atoms with Crippen molar-refractivity contribution in [1.29, 1.82) is 0 Å². The number of rotatable bonds is 2. The van der Waals surface area contributed by atoms with E-state index in [0.29, 0.717) is 0 Å². The first kappa shape index (κ1) is 13.1. The van der Waals surface area contributed by atoms with Crippen molar-refractivity contribution < 1.29 is 8.50 Å². The molecule has 0 aliphatic heterocycles. The van der Waals surface area contributed by atoms with Gasteiger partial charge in [-0.3, -0.25) is 0 Å². The fraction of sp³-hybridized carbons (Fsp3) is 0.133. The van der Waals surface area contributed by atoms with Gasteiger partial charge in [0.05, 0.1) is 0 Å². The van der Waals surface area contributed by atoms with Crippen molar-refractivity contribution in [2.45, 2.75) is 12.5 Å². The van der Waals surface area contributed by atoms with Crippen LogP contribution in [-0.2, 0) is 5.60 Å². The van der Waals surface area contributed by atoms with Gasteiger partial charge in [0.2, 0.25) is 0 Å². The van der Waals surface area contributed by atoms with Gasteiger partial charge in [0.1, 0.15) is 0 Å². The number of hydrogen-bond donors (Lipinski definition) is 1. The van der Waals surface area contributed by atoms with E-state index in [2.05, 4.69) is 31.6 Å². The molecule has 0 radical (unpaired) electrons. The third-order valence-electron chi connectivity index (χ3n) is 3.22. The summed E-state index contributed by atoms with van der Waals surface area (Å²) in [5.41, 5.74) is 1.12. The van der Waals surface area contributed by atoms with Crippen LogP contribution in [0.2, 0.25) is 0 Å². The van der Waals surface area contributed by atoms with Crippen LogP contribution < -0.4 is 3.40 Å². The van der Waals surface area contributed by atoms with Gasteiger partial charge in [-0.1, -0.05) is 0 Å². The van der Waals surface area contributed by atoms with Crippen LogP contribution in [0, 0.1) is 0 Å². The summed E-state index contributed by atoms with van der Waals surface area (Å²) in [6.07, 6.45) is 2.06. The normalized spacial score (nSPS) is 14.5. The van der Waals surface area contributed by atoms with Crippen molar-refractivity contribution >= 4 is 36.2 Å². The first-order valence-corrected chi connectivity index (χ1v) is 8.40. The van der Waals surface area contributed by atoms with E-state index >= 15 is 0 Å². The summed E-state index contributed by atoms with van der Waals surface area (Å²) >= 11 is 3.73. The second kappa shape index (κ2) is 4.87. The molecule has 1 unspecified atom stereocenters. The molecular formula is C15H13BrNOSe+. The minimum absolute atomic E-state index is 0.0781. The zero-order valence-corrected chi connectivity index (χ0v) is 13.7. The Labute approximate surface area is 126 Å². The molecule has 0 fully saturated rings. The Kier molecular flexibility index (Phi) is 3.35. The first-order valence-electron chi connectivity index (χ1n) is 5.98. The second-order valence-corrected chi connectivity index (χ2v) is 7.44. The Bertz CT molecular complexity index is 721. The number of aromatic nitrogens is 1. The Hall–Kier alpha value is -0.931. The molecule has 0 saturated carbocycles. The Balaban J connectivity index is 2.21. The molecule has 0 spiro atoms. The zero-order chi connectivity index (χ0) is 13.5. The van der Waals surface area contributed by atoms with Crippen LogP contribution in [0.15, 0.2) is 59.2 Å². The predicted octanol–water partition coefficient (Wildman–Crippen LogP) is 2.50. The van der Waals surface area contributed by atoms with Crippen molar-refractivity contribution in [3.63, 3.8) is 0 Å². The summed E-state index contributed by atoms with van der Waals surface area (Å²) in [4.78, 5) is 0. The SMILES string of the molecule is CC(O)(c1ccccc1)c1[se][n+]2ccccc2c1Br. The fourth-order valence-corrected chi connectivity index (χ4v) is 5.70. The van der Waals surface area contributed by atoms with Crippen LogP contribution in [0.25, 0.3) is 5.52 Å². The van der Waals surface area contributed by atoms with Gasteiger partial charge in [0.25, 0.3) is 0 Å². The molecule has 3 rings (SSSR count). The molecule has 1 atom stereocenters. The number of pyridine rings is 1. The maximum absolute atomic E-state index is 10.9. The molecular weight excluding hydrogens is 369 g/mol. The van der Waals surface area contributed by atoms with Gasteiger partial charge < -0.3 is 0 Å². The Morgan fingerprint density at radius 1 is 1.11 bits per heavy atom. The third-order valence-corrected chi connectivity index (χ3v) is 7.34. The maximum atomic E-state index is 10.9. The molecule has 1 N–H and O–H groups in total. The average Bonchev–Trinajstić information content (AvgIpc) is 2.78. The van der Waals surface area contributed by atoms with Gasteiger partial charge in [-0.05, 0) is 0 Å². The van der Waals surface area contributed by atoms with Crippen LogP contribution in [0.4, 0.5) is 0 Å². The molecule has 2 aromatic heterocycles. The van der Waals surface area contributed by atoms with E-state index in [1.807, 2.05) is 49.4 Å². The molecule has 19 heavy (non-hydrogen) atoms. The molecule has 4 heteroatoms. The van der Waals surface area contributed by atoms with Crippen LogP contribution >= 0.6 is 15.9 Å². The molecule has 0 aliphatic rings. The van der Waals surface area contributed by atoms with Crippen molar-refractivity contribution in [2.75, 3.05) is 0 Å². The Morgan fingerprint density at radius 3 is 2.47 bits per heavy atom. The summed E-state index contributed by atoms with van der Waals surface area (Å²) in [7, 11) is 0. The average molecular weight is 382 g/mol. The molecule has 0 amide bonds. The molecule has 96 valence electrons. The Morgan fingerprint density at radius 2 is 1.79 bits per heavy atom. The van der Waals surface area contributed by atoms with E-state index in [1.54, 1.807) is 0 Å². The number of benzene rings is 1. The first-order chi connectivity index (χ1) is 9.10. The summed E-state index contributed by atoms with van der Waals surface area (Å²) in [6, 6.07) is 15.9. The van der Waals surface area contributed by atoms with Gasteiger partial charge in [0, 0.05) is 0 Å². The van der Waals surface area contributed by atoms with Gasteiger partial charge in [-0.15, -0.1) is 0 Å². The number of hydrogen-bond acceptors (Lipinski definition) is 1.